The van der Waals surface area contributed by atoms with Crippen LogP contribution in [0.25, 0.3) is 0 Å². The molecule has 0 radical (unpaired) electrons. The quantitative estimate of drug-likeness (QED) is 0.864. The fourth-order valence-corrected chi connectivity index (χ4v) is 3.10. The smallest absolute Gasteiger partial charge is 0.0459 e. The first-order valence-corrected chi connectivity index (χ1v) is 6.65. The molecule has 3 rings (SSSR count). The fourth-order valence-electron chi connectivity index (χ4n) is 2.30. The Kier molecular flexibility index (Phi) is 2.66. The molecular weight excluding hydrogens is 241 g/mol. The normalized spacial score (nSPS) is 22.1. The topological polar surface area (TPSA) is 12.0 Å². The van der Waals surface area contributed by atoms with Gasteiger partial charge in [0.2, 0.25) is 0 Å². The van der Waals surface area contributed by atoms with Crippen LogP contribution < -0.4 is 5.32 Å². The Bertz CT molecular complexity index is 388. The summed E-state index contributed by atoms with van der Waals surface area (Å²) in [6.45, 7) is 1.03. The van der Waals surface area contributed by atoms with E-state index in [1.165, 1.54) is 25.7 Å². The van der Waals surface area contributed by atoms with Crippen LogP contribution in [0.4, 0.5) is 0 Å². The molecule has 0 heterocycles. The highest BCUT2D eigenvalue weighted by atomic mass is 35.5. The second-order valence-electron chi connectivity index (χ2n) is 5.03. The molecule has 1 N–H and O–H groups in total. The number of rotatable bonds is 4. The lowest BCUT2D eigenvalue weighted by Gasteiger charge is -2.19. The summed E-state index contributed by atoms with van der Waals surface area (Å²) in [5, 5.41) is 5.24. The first-order chi connectivity index (χ1) is 7.71. The molecule has 3 heteroatoms. The largest absolute Gasteiger partial charge is 0.313 e. The maximum absolute atomic E-state index is 6.27. The molecule has 2 fully saturated rings. The molecule has 0 unspecified atom stereocenters. The lowest BCUT2D eigenvalue weighted by atomic mass is 9.95. The molecule has 86 valence electrons. The Hall–Kier alpha value is -0.240. The molecule has 0 amide bonds. The lowest BCUT2D eigenvalue weighted by Crippen LogP contribution is -2.29. The lowest BCUT2D eigenvalue weighted by molar-refractivity contribution is 0.572. The van der Waals surface area contributed by atoms with Gasteiger partial charge in [-0.05, 0) is 43.4 Å². The van der Waals surface area contributed by atoms with Gasteiger partial charge in [-0.3, -0.25) is 0 Å². The second kappa shape index (κ2) is 3.90. The van der Waals surface area contributed by atoms with Gasteiger partial charge in [0.05, 0.1) is 0 Å². The number of hydrogen-bond donors (Lipinski definition) is 1. The minimum atomic E-state index is 0.220. The van der Waals surface area contributed by atoms with Gasteiger partial charge in [-0.25, -0.2) is 0 Å². The maximum atomic E-state index is 6.27. The average molecular weight is 256 g/mol. The molecule has 0 aromatic heterocycles. The van der Waals surface area contributed by atoms with Gasteiger partial charge in [-0.15, -0.1) is 0 Å². The molecule has 1 aromatic carbocycles. The van der Waals surface area contributed by atoms with E-state index in [2.05, 4.69) is 5.32 Å². The average Bonchev–Trinajstić information content (AvgIpc) is 3.12. The van der Waals surface area contributed by atoms with Crippen molar-refractivity contribution in [2.75, 3.05) is 6.54 Å². The third-order valence-electron chi connectivity index (χ3n) is 3.65. The summed E-state index contributed by atoms with van der Waals surface area (Å²) in [5.41, 5.74) is 1.38. The van der Waals surface area contributed by atoms with E-state index in [0.717, 1.165) is 28.2 Å². The molecule has 2 aliphatic carbocycles. The molecule has 1 nitrogen and oxygen atoms in total. The Morgan fingerprint density at radius 2 is 1.81 bits per heavy atom. The van der Waals surface area contributed by atoms with Gasteiger partial charge < -0.3 is 5.32 Å². The van der Waals surface area contributed by atoms with Crippen LogP contribution in [-0.2, 0) is 5.41 Å². The van der Waals surface area contributed by atoms with Crippen molar-refractivity contribution in [1.29, 1.82) is 0 Å². The zero-order valence-electron chi connectivity index (χ0n) is 9.10. The van der Waals surface area contributed by atoms with Crippen molar-refractivity contribution in [1.82, 2.24) is 5.32 Å². The highest BCUT2D eigenvalue weighted by Crippen LogP contribution is 2.52. The van der Waals surface area contributed by atoms with Crippen LogP contribution in [0.15, 0.2) is 18.2 Å². The highest BCUT2D eigenvalue weighted by molar-refractivity contribution is 6.36. The van der Waals surface area contributed by atoms with Gasteiger partial charge in [-0.1, -0.05) is 29.3 Å². The Morgan fingerprint density at radius 3 is 2.31 bits per heavy atom. The van der Waals surface area contributed by atoms with Crippen LogP contribution >= 0.6 is 23.2 Å². The minimum Gasteiger partial charge on any atom is -0.313 e. The SMILES string of the molecule is Clc1cccc(Cl)c1C1(CNC2CC2)CC1. The summed E-state index contributed by atoms with van der Waals surface area (Å²) in [7, 11) is 0. The number of hydrogen-bond acceptors (Lipinski definition) is 1. The van der Waals surface area contributed by atoms with Crippen LogP contribution in [0.3, 0.4) is 0 Å². The second-order valence-corrected chi connectivity index (χ2v) is 5.85. The third-order valence-corrected chi connectivity index (χ3v) is 4.28. The Balaban J connectivity index is 1.83. The molecular formula is C13H15Cl2N. The van der Waals surface area contributed by atoms with Crippen molar-refractivity contribution in [3.05, 3.63) is 33.8 Å². The van der Waals surface area contributed by atoms with E-state index in [0.29, 0.717) is 0 Å². The van der Waals surface area contributed by atoms with Crippen molar-refractivity contribution < 1.29 is 0 Å². The van der Waals surface area contributed by atoms with Crippen molar-refractivity contribution in [3.63, 3.8) is 0 Å². The highest BCUT2D eigenvalue weighted by Gasteiger charge is 2.47. The van der Waals surface area contributed by atoms with Gasteiger partial charge >= 0.3 is 0 Å². The molecule has 0 aliphatic heterocycles. The molecule has 16 heavy (non-hydrogen) atoms. The van der Waals surface area contributed by atoms with Gasteiger partial charge in [0.25, 0.3) is 0 Å². The van der Waals surface area contributed by atoms with Gasteiger partial charge in [0, 0.05) is 28.0 Å². The van der Waals surface area contributed by atoms with E-state index in [1.54, 1.807) is 0 Å². The van der Waals surface area contributed by atoms with Crippen LogP contribution in [0.1, 0.15) is 31.2 Å². The number of nitrogens with one attached hydrogen (secondary N) is 1. The molecule has 0 saturated heterocycles. The van der Waals surface area contributed by atoms with Gasteiger partial charge in [-0.2, -0.15) is 0 Å². The molecule has 2 saturated carbocycles. The van der Waals surface area contributed by atoms with E-state index in [-0.39, 0.29) is 5.41 Å². The van der Waals surface area contributed by atoms with E-state index in [4.69, 9.17) is 23.2 Å². The summed E-state index contributed by atoms with van der Waals surface area (Å²) in [5.74, 6) is 0. The van der Waals surface area contributed by atoms with Gasteiger partial charge in [0.15, 0.2) is 0 Å². The summed E-state index contributed by atoms with van der Waals surface area (Å²) in [6, 6.07) is 6.55. The van der Waals surface area contributed by atoms with Crippen molar-refractivity contribution >= 4 is 23.2 Å². The van der Waals surface area contributed by atoms with E-state index in [1.807, 2.05) is 18.2 Å². The zero-order valence-corrected chi connectivity index (χ0v) is 10.6. The molecule has 0 atom stereocenters. The summed E-state index contributed by atoms with van der Waals surface area (Å²) in [4.78, 5) is 0. The first kappa shape index (κ1) is 10.9. The van der Waals surface area contributed by atoms with Crippen LogP contribution in [0.5, 0.6) is 0 Å². The molecule has 2 aliphatic rings. The third kappa shape index (κ3) is 1.97. The predicted molar refractivity (Wildman–Crippen MR) is 68.4 cm³/mol. The standard InChI is InChI=1S/C13H15Cl2N/c14-10-2-1-3-11(15)12(10)13(6-7-13)8-16-9-4-5-9/h1-3,9,16H,4-8H2. The Morgan fingerprint density at radius 1 is 1.19 bits per heavy atom. The monoisotopic (exact) mass is 255 g/mol. The van der Waals surface area contributed by atoms with Crippen LogP contribution in [-0.4, -0.2) is 12.6 Å². The molecule has 0 spiro atoms. The predicted octanol–water partition coefficient (Wildman–Crippen LogP) is 3.78. The number of benzene rings is 1. The summed E-state index contributed by atoms with van der Waals surface area (Å²) < 4.78 is 0. The minimum absolute atomic E-state index is 0.220. The summed E-state index contributed by atoms with van der Waals surface area (Å²) in [6.07, 6.45) is 5.06. The van der Waals surface area contributed by atoms with Crippen molar-refractivity contribution in [3.8, 4) is 0 Å². The maximum Gasteiger partial charge on any atom is 0.0459 e. The fraction of sp³-hybridized carbons (Fsp3) is 0.538. The zero-order chi connectivity index (χ0) is 11.2. The summed E-state index contributed by atoms with van der Waals surface area (Å²) >= 11 is 12.5. The van der Waals surface area contributed by atoms with Crippen LogP contribution in [0, 0.1) is 0 Å². The van der Waals surface area contributed by atoms with Crippen molar-refractivity contribution in [2.24, 2.45) is 0 Å². The van der Waals surface area contributed by atoms with E-state index in [9.17, 15) is 0 Å². The Labute approximate surface area is 106 Å². The first-order valence-electron chi connectivity index (χ1n) is 5.89. The van der Waals surface area contributed by atoms with Crippen LogP contribution in [0.2, 0.25) is 10.0 Å². The van der Waals surface area contributed by atoms with Crippen molar-refractivity contribution in [2.45, 2.75) is 37.1 Å². The molecule has 1 aromatic rings. The van der Waals surface area contributed by atoms with E-state index >= 15 is 0 Å². The van der Waals surface area contributed by atoms with Gasteiger partial charge in [0.1, 0.15) is 0 Å². The number of halogens is 2. The van der Waals surface area contributed by atoms with E-state index < -0.39 is 0 Å². The molecule has 0 bridgehead atoms.